The van der Waals surface area contributed by atoms with Gasteiger partial charge in [-0.05, 0) is 56.9 Å². The van der Waals surface area contributed by atoms with Gasteiger partial charge in [0.2, 0.25) is 0 Å². The topological polar surface area (TPSA) is 68.5 Å². The number of esters is 1. The van der Waals surface area contributed by atoms with Crippen molar-refractivity contribution in [2.45, 2.75) is 32.6 Å². The van der Waals surface area contributed by atoms with Crippen LogP contribution in [0.1, 0.15) is 32.6 Å². The number of nitrogens with one attached hydrogen (secondary N) is 1. The molecule has 1 aliphatic carbocycles. The fourth-order valence-corrected chi connectivity index (χ4v) is 2.81. The second-order valence-electron chi connectivity index (χ2n) is 5.52. The summed E-state index contributed by atoms with van der Waals surface area (Å²) in [7, 11) is 0. The predicted molar refractivity (Wildman–Crippen MR) is 88.2 cm³/mol. The summed E-state index contributed by atoms with van der Waals surface area (Å²) in [6.45, 7) is 2.19. The van der Waals surface area contributed by atoms with Gasteiger partial charge in [0, 0.05) is 22.8 Å². The maximum Gasteiger partial charge on any atom is 0.336 e. The monoisotopic (exact) mass is 313 g/mol. The highest BCUT2D eigenvalue weighted by atomic mass is 16.5. The molecule has 0 amide bonds. The lowest BCUT2D eigenvalue weighted by molar-refractivity contribution is -0.138. The number of ether oxygens (including phenoxy) is 1. The number of allylic oxidation sites excluding steroid dienone is 1. The lowest BCUT2D eigenvalue weighted by Crippen LogP contribution is -2.17. The first-order valence-electron chi connectivity index (χ1n) is 7.87. The summed E-state index contributed by atoms with van der Waals surface area (Å²) in [5, 5.41) is 4.17. The Morgan fingerprint density at radius 2 is 2.04 bits per heavy atom. The average molecular weight is 313 g/mol. The van der Waals surface area contributed by atoms with Gasteiger partial charge in [0.1, 0.15) is 5.58 Å². The summed E-state index contributed by atoms with van der Waals surface area (Å²) < 4.78 is 10.3. The van der Waals surface area contributed by atoms with Gasteiger partial charge in [-0.3, -0.25) is 0 Å². The van der Waals surface area contributed by atoms with E-state index in [2.05, 4.69) is 5.32 Å². The maximum absolute atomic E-state index is 12.1. The fourth-order valence-electron chi connectivity index (χ4n) is 2.81. The van der Waals surface area contributed by atoms with Crippen molar-refractivity contribution in [3.63, 3.8) is 0 Å². The molecular weight excluding hydrogens is 294 g/mol. The zero-order valence-corrected chi connectivity index (χ0v) is 13.1. The second kappa shape index (κ2) is 6.69. The fraction of sp³-hybridized carbons (Fsp3) is 0.333. The van der Waals surface area contributed by atoms with E-state index in [1.54, 1.807) is 12.1 Å². The summed E-state index contributed by atoms with van der Waals surface area (Å²) in [6.07, 6.45) is 3.62. The number of benzene rings is 1. The van der Waals surface area contributed by atoms with E-state index in [-0.39, 0.29) is 11.6 Å². The highest BCUT2D eigenvalue weighted by molar-refractivity contribution is 5.90. The number of carbonyl (C=O) groups excluding carboxylic acids is 1. The van der Waals surface area contributed by atoms with Crippen molar-refractivity contribution in [1.29, 1.82) is 0 Å². The summed E-state index contributed by atoms with van der Waals surface area (Å²) in [4.78, 5) is 23.3. The van der Waals surface area contributed by atoms with E-state index in [1.807, 2.05) is 19.1 Å². The van der Waals surface area contributed by atoms with Crippen LogP contribution in [-0.4, -0.2) is 12.6 Å². The summed E-state index contributed by atoms with van der Waals surface area (Å²) in [5.74, 6) is -0.235. The van der Waals surface area contributed by atoms with Crippen LogP contribution in [0.5, 0.6) is 0 Å². The van der Waals surface area contributed by atoms with E-state index in [0.717, 1.165) is 48.0 Å². The van der Waals surface area contributed by atoms with Crippen molar-refractivity contribution in [2.75, 3.05) is 11.9 Å². The van der Waals surface area contributed by atoms with E-state index in [9.17, 15) is 9.59 Å². The number of hydrogen-bond donors (Lipinski definition) is 1. The Balaban J connectivity index is 1.91. The lowest BCUT2D eigenvalue weighted by atomic mass is 9.96. The van der Waals surface area contributed by atoms with Gasteiger partial charge in [0.15, 0.2) is 0 Å². The van der Waals surface area contributed by atoms with Crippen molar-refractivity contribution >= 4 is 22.6 Å². The maximum atomic E-state index is 12.1. The molecule has 0 unspecified atom stereocenters. The highest BCUT2D eigenvalue weighted by Gasteiger charge is 2.20. The van der Waals surface area contributed by atoms with Crippen molar-refractivity contribution < 1.29 is 13.9 Å². The number of carbonyl (C=O) groups is 1. The van der Waals surface area contributed by atoms with Gasteiger partial charge in [-0.1, -0.05) is 0 Å². The highest BCUT2D eigenvalue weighted by Crippen LogP contribution is 2.28. The zero-order valence-electron chi connectivity index (χ0n) is 13.1. The molecule has 23 heavy (non-hydrogen) atoms. The Morgan fingerprint density at radius 3 is 2.87 bits per heavy atom. The first kappa shape index (κ1) is 15.3. The Labute approximate surface area is 133 Å². The molecule has 1 aliphatic rings. The Kier molecular flexibility index (Phi) is 4.46. The third-order valence-corrected chi connectivity index (χ3v) is 3.90. The smallest absolute Gasteiger partial charge is 0.336 e. The number of anilines is 1. The van der Waals surface area contributed by atoms with Crippen LogP contribution in [-0.2, 0) is 9.53 Å². The Morgan fingerprint density at radius 1 is 1.22 bits per heavy atom. The molecule has 3 rings (SSSR count). The molecule has 1 aromatic heterocycles. The summed E-state index contributed by atoms with van der Waals surface area (Å²) in [6, 6.07) is 8.63. The summed E-state index contributed by atoms with van der Waals surface area (Å²) in [5.41, 5.74) is 2.71. The molecule has 2 aromatic rings. The number of fused-ring (bicyclic) bond motifs is 1. The van der Waals surface area contributed by atoms with E-state index < -0.39 is 0 Å². The molecule has 0 bridgehead atoms. The van der Waals surface area contributed by atoms with Gasteiger partial charge in [-0.25, -0.2) is 9.59 Å². The predicted octanol–water partition coefficient (Wildman–Crippen LogP) is 3.60. The molecule has 0 saturated heterocycles. The largest absolute Gasteiger partial charge is 0.463 e. The van der Waals surface area contributed by atoms with E-state index in [4.69, 9.17) is 9.15 Å². The van der Waals surface area contributed by atoms with Crippen LogP contribution in [0.4, 0.5) is 5.69 Å². The van der Waals surface area contributed by atoms with Crippen LogP contribution >= 0.6 is 0 Å². The van der Waals surface area contributed by atoms with Crippen molar-refractivity contribution in [1.82, 2.24) is 0 Å². The van der Waals surface area contributed by atoms with Crippen molar-refractivity contribution in [3.8, 4) is 0 Å². The van der Waals surface area contributed by atoms with Gasteiger partial charge in [0.25, 0.3) is 0 Å². The van der Waals surface area contributed by atoms with Crippen molar-refractivity contribution in [3.05, 3.63) is 52.0 Å². The van der Waals surface area contributed by atoms with Crippen LogP contribution < -0.4 is 10.9 Å². The quantitative estimate of drug-likeness (QED) is 0.690. The molecule has 1 N–H and O–H groups in total. The van der Waals surface area contributed by atoms with Gasteiger partial charge in [-0.2, -0.15) is 0 Å². The number of hydrogen-bond acceptors (Lipinski definition) is 5. The summed E-state index contributed by atoms with van der Waals surface area (Å²) >= 11 is 0. The van der Waals surface area contributed by atoms with Gasteiger partial charge in [-0.15, -0.1) is 0 Å². The molecule has 0 aliphatic heterocycles. The molecule has 1 heterocycles. The lowest BCUT2D eigenvalue weighted by Gasteiger charge is -2.20. The third-order valence-electron chi connectivity index (χ3n) is 3.90. The third kappa shape index (κ3) is 3.44. The second-order valence-corrected chi connectivity index (χ2v) is 5.52. The van der Waals surface area contributed by atoms with Crippen LogP contribution in [0.2, 0.25) is 0 Å². The van der Waals surface area contributed by atoms with Gasteiger partial charge in [0.05, 0.1) is 12.2 Å². The Bertz CT molecular complexity index is 819. The first-order chi connectivity index (χ1) is 11.2. The first-order valence-corrected chi connectivity index (χ1v) is 7.87. The molecular formula is C18H19NO4. The van der Waals surface area contributed by atoms with Crippen LogP contribution in [0.3, 0.4) is 0 Å². The van der Waals surface area contributed by atoms with Gasteiger partial charge >= 0.3 is 11.6 Å². The SMILES string of the molecule is CCOC(=O)C1=C(Nc2ccc3oc(=O)ccc3c2)CCCC1. The minimum absolute atomic E-state index is 0.235. The Hall–Kier alpha value is -2.56. The average Bonchev–Trinajstić information content (AvgIpc) is 2.56. The molecule has 0 spiro atoms. The van der Waals surface area contributed by atoms with Crippen molar-refractivity contribution in [2.24, 2.45) is 0 Å². The standard InChI is InChI=1S/C18H19NO4/c1-2-22-18(21)14-5-3-4-6-15(14)19-13-8-9-16-12(11-13)7-10-17(20)23-16/h7-11,19H,2-6H2,1H3. The van der Waals surface area contributed by atoms with Crippen LogP contribution in [0.15, 0.2) is 50.8 Å². The normalized spacial score (nSPS) is 14.8. The van der Waals surface area contributed by atoms with Gasteiger partial charge < -0.3 is 14.5 Å². The molecule has 1 aromatic carbocycles. The molecule has 0 radical (unpaired) electrons. The zero-order chi connectivity index (χ0) is 16.2. The minimum atomic E-state index is -0.363. The van der Waals surface area contributed by atoms with Crippen LogP contribution in [0, 0.1) is 0 Å². The molecule has 120 valence electrons. The molecule has 0 saturated carbocycles. The number of rotatable bonds is 4. The van der Waals surface area contributed by atoms with E-state index in [0.29, 0.717) is 12.2 Å². The molecule has 5 nitrogen and oxygen atoms in total. The molecule has 5 heteroatoms. The minimum Gasteiger partial charge on any atom is -0.463 e. The van der Waals surface area contributed by atoms with E-state index in [1.165, 1.54) is 6.07 Å². The molecule has 0 fully saturated rings. The van der Waals surface area contributed by atoms with Crippen LogP contribution in [0.25, 0.3) is 11.0 Å². The van der Waals surface area contributed by atoms with E-state index >= 15 is 0 Å². The molecule has 0 atom stereocenters.